The number of aliphatic imine (C=N–C) groups is 1. The van der Waals surface area contributed by atoms with Crippen LogP contribution in [0.3, 0.4) is 0 Å². The maximum absolute atomic E-state index is 13.8. The maximum Gasteiger partial charge on any atom is 0.345 e. The molecule has 160 valence electrons. The Bertz CT molecular complexity index is 907. The van der Waals surface area contributed by atoms with Crippen LogP contribution in [0.15, 0.2) is 28.0 Å². The van der Waals surface area contributed by atoms with Gasteiger partial charge in [-0.05, 0) is 50.3 Å². The summed E-state index contributed by atoms with van der Waals surface area (Å²) >= 11 is 0. The molecule has 0 amide bonds. The monoisotopic (exact) mass is 516 g/mol. The van der Waals surface area contributed by atoms with E-state index in [1.54, 1.807) is 35.4 Å². The van der Waals surface area contributed by atoms with Crippen LogP contribution in [0.25, 0.3) is 0 Å². The summed E-state index contributed by atoms with van der Waals surface area (Å²) < 4.78 is 17.1. The molecule has 0 aliphatic carbocycles. The third kappa shape index (κ3) is 5.80. The summed E-state index contributed by atoms with van der Waals surface area (Å²) in [6.07, 6.45) is 3.79. The normalized spacial score (nSPS) is 14.7. The average Bonchev–Trinajstić information content (AvgIpc) is 3.02. The fourth-order valence-corrected chi connectivity index (χ4v) is 3.39. The molecule has 1 aromatic carbocycles. The minimum Gasteiger partial charge on any atom is -0.356 e. The standard InChI is InChI=1S/C20H29FN6O.HI/c1-14-8-9-16(13-17(14)21)15(2)24-19(22-3)23-10-6-12-27-20(28)26-11-5-4-7-18(26)25-27;/h8-9,13,15H,4-7,10-12H2,1-3H3,(H2,22,23,24);1H. The second-order valence-electron chi connectivity index (χ2n) is 7.26. The number of guanidine groups is 1. The minimum absolute atomic E-state index is 0. The molecule has 0 radical (unpaired) electrons. The highest BCUT2D eigenvalue weighted by molar-refractivity contribution is 14.0. The molecule has 0 saturated heterocycles. The Morgan fingerprint density at radius 2 is 2.17 bits per heavy atom. The Kier molecular flexibility index (Phi) is 8.66. The Labute approximate surface area is 187 Å². The van der Waals surface area contributed by atoms with Gasteiger partial charge in [0, 0.05) is 33.1 Å². The number of halogens is 2. The first-order valence-electron chi connectivity index (χ1n) is 9.89. The third-order valence-corrected chi connectivity index (χ3v) is 5.14. The molecule has 1 unspecified atom stereocenters. The number of hydrogen-bond acceptors (Lipinski definition) is 3. The second-order valence-corrected chi connectivity index (χ2v) is 7.26. The van der Waals surface area contributed by atoms with Gasteiger partial charge in [-0.3, -0.25) is 9.56 Å². The van der Waals surface area contributed by atoms with Crippen molar-refractivity contribution in [1.82, 2.24) is 25.0 Å². The van der Waals surface area contributed by atoms with Gasteiger partial charge >= 0.3 is 5.69 Å². The first-order valence-corrected chi connectivity index (χ1v) is 9.89. The van der Waals surface area contributed by atoms with Crippen LogP contribution in [-0.4, -0.2) is 33.9 Å². The summed E-state index contributed by atoms with van der Waals surface area (Å²) in [5.74, 6) is 1.34. The number of aromatic nitrogens is 3. The Morgan fingerprint density at radius 3 is 2.86 bits per heavy atom. The molecule has 1 aliphatic rings. The number of hydrogen-bond donors (Lipinski definition) is 2. The number of benzene rings is 1. The van der Waals surface area contributed by atoms with Crippen molar-refractivity contribution in [2.24, 2.45) is 4.99 Å². The lowest BCUT2D eigenvalue weighted by molar-refractivity contribution is 0.509. The van der Waals surface area contributed by atoms with Crippen LogP contribution in [0.5, 0.6) is 0 Å². The van der Waals surface area contributed by atoms with Gasteiger partial charge in [-0.2, -0.15) is 5.10 Å². The zero-order chi connectivity index (χ0) is 20.1. The van der Waals surface area contributed by atoms with Crippen molar-refractivity contribution in [2.75, 3.05) is 13.6 Å². The topological polar surface area (TPSA) is 76.2 Å². The van der Waals surface area contributed by atoms with Crippen molar-refractivity contribution in [1.29, 1.82) is 0 Å². The van der Waals surface area contributed by atoms with Crippen molar-refractivity contribution in [2.45, 2.75) is 58.7 Å². The predicted molar refractivity (Wildman–Crippen MR) is 124 cm³/mol. The molecule has 2 N–H and O–H groups in total. The van der Waals surface area contributed by atoms with E-state index < -0.39 is 0 Å². The SMILES string of the molecule is CN=C(NCCCn1nc2n(c1=O)CCCC2)NC(C)c1ccc(C)c(F)c1.I. The van der Waals surface area contributed by atoms with Crippen molar-refractivity contribution >= 4 is 29.9 Å². The third-order valence-electron chi connectivity index (χ3n) is 5.14. The molecule has 0 saturated carbocycles. The van der Waals surface area contributed by atoms with Gasteiger partial charge < -0.3 is 10.6 Å². The number of nitrogens with one attached hydrogen (secondary N) is 2. The van der Waals surface area contributed by atoms with Crippen molar-refractivity contribution in [3.63, 3.8) is 0 Å². The van der Waals surface area contributed by atoms with Crippen LogP contribution in [-0.2, 0) is 19.5 Å². The molecule has 2 aromatic rings. The first kappa shape index (κ1) is 23.4. The van der Waals surface area contributed by atoms with E-state index in [2.05, 4.69) is 20.7 Å². The van der Waals surface area contributed by atoms with E-state index in [0.717, 1.165) is 43.6 Å². The highest BCUT2D eigenvalue weighted by Gasteiger charge is 2.16. The van der Waals surface area contributed by atoms with Gasteiger partial charge in [0.25, 0.3) is 0 Å². The van der Waals surface area contributed by atoms with Crippen LogP contribution in [0, 0.1) is 12.7 Å². The van der Waals surface area contributed by atoms with E-state index in [0.29, 0.717) is 24.6 Å². The van der Waals surface area contributed by atoms with Crippen LogP contribution in [0.1, 0.15) is 49.2 Å². The lowest BCUT2D eigenvalue weighted by Crippen LogP contribution is -2.39. The summed E-state index contributed by atoms with van der Waals surface area (Å²) in [6.45, 7) is 5.72. The lowest BCUT2D eigenvalue weighted by atomic mass is 10.1. The van der Waals surface area contributed by atoms with E-state index >= 15 is 0 Å². The molecule has 7 nitrogen and oxygen atoms in total. The van der Waals surface area contributed by atoms with Gasteiger partial charge in [-0.1, -0.05) is 12.1 Å². The number of nitrogens with zero attached hydrogens (tertiary/aromatic N) is 4. The molecule has 1 aliphatic heterocycles. The summed E-state index contributed by atoms with van der Waals surface area (Å²) in [5, 5.41) is 11.0. The summed E-state index contributed by atoms with van der Waals surface area (Å²) in [7, 11) is 1.70. The molecule has 1 atom stereocenters. The molecule has 9 heteroatoms. The number of fused-ring (bicyclic) bond motifs is 1. The average molecular weight is 516 g/mol. The quantitative estimate of drug-likeness (QED) is 0.268. The Balaban J connectivity index is 0.00000300. The fourth-order valence-electron chi connectivity index (χ4n) is 3.39. The molecule has 0 fully saturated rings. The fraction of sp³-hybridized carbons (Fsp3) is 0.550. The molecule has 3 rings (SSSR count). The Morgan fingerprint density at radius 1 is 1.38 bits per heavy atom. The zero-order valence-corrected chi connectivity index (χ0v) is 19.6. The molecule has 0 spiro atoms. The Hall–Kier alpha value is -1.91. The van der Waals surface area contributed by atoms with Gasteiger partial charge in [-0.15, -0.1) is 24.0 Å². The molecular formula is C20H30FIN6O. The smallest absolute Gasteiger partial charge is 0.345 e. The van der Waals surface area contributed by atoms with E-state index in [9.17, 15) is 9.18 Å². The van der Waals surface area contributed by atoms with Crippen molar-refractivity contribution < 1.29 is 4.39 Å². The van der Waals surface area contributed by atoms with Crippen LogP contribution in [0.2, 0.25) is 0 Å². The molecule has 2 heterocycles. The van der Waals surface area contributed by atoms with Crippen LogP contribution >= 0.6 is 24.0 Å². The maximum atomic E-state index is 13.8. The van der Waals surface area contributed by atoms with Crippen molar-refractivity contribution in [3.8, 4) is 0 Å². The largest absolute Gasteiger partial charge is 0.356 e. The van der Waals surface area contributed by atoms with Gasteiger partial charge in [0.1, 0.15) is 11.6 Å². The molecule has 1 aromatic heterocycles. The highest BCUT2D eigenvalue weighted by Crippen LogP contribution is 2.16. The van der Waals surface area contributed by atoms with Crippen molar-refractivity contribution in [3.05, 3.63) is 51.5 Å². The predicted octanol–water partition coefficient (Wildman–Crippen LogP) is 2.76. The molecule has 0 bridgehead atoms. The lowest BCUT2D eigenvalue weighted by Gasteiger charge is -2.18. The van der Waals surface area contributed by atoms with E-state index in [1.165, 1.54) is 0 Å². The van der Waals surface area contributed by atoms with Gasteiger partial charge in [0.05, 0.1) is 6.04 Å². The number of rotatable bonds is 6. The summed E-state index contributed by atoms with van der Waals surface area (Å²) in [6, 6.07) is 5.16. The van der Waals surface area contributed by atoms with E-state index in [1.807, 2.05) is 13.0 Å². The van der Waals surface area contributed by atoms with Gasteiger partial charge in [0.15, 0.2) is 5.96 Å². The molecular weight excluding hydrogens is 486 g/mol. The van der Waals surface area contributed by atoms with E-state index in [-0.39, 0.29) is 41.5 Å². The zero-order valence-electron chi connectivity index (χ0n) is 17.2. The summed E-state index contributed by atoms with van der Waals surface area (Å²) in [4.78, 5) is 16.5. The van der Waals surface area contributed by atoms with Gasteiger partial charge in [-0.25, -0.2) is 13.9 Å². The summed E-state index contributed by atoms with van der Waals surface area (Å²) in [5.41, 5.74) is 1.49. The number of aryl methyl sites for hydroxylation is 3. The highest BCUT2D eigenvalue weighted by atomic mass is 127. The minimum atomic E-state index is -0.206. The van der Waals surface area contributed by atoms with Gasteiger partial charge in [0.2, 0.25) is 0 Å². The second kappa shape index (κ2) is 10.7. The molecule has 29 heavy (non-hydrogen) atoms. The van der Waals surface area contributed by atoms with Crippen LogP contribution in [0.4, 0.5) is 4.39 Å². The first-order chi connectivity index (χ1) is 13.5. The van der Waals surface area contributed by atoms with Crippen LogP contribution < -0.4 is 16.3 Å². The van der Waals surface area contributed by atoms with E-state index in [4.69, 9.17) is 0 Å².